The van der Waals surface area contributed by atoms with Crippen molar-refractivity contribution in [2.45, 2.75) is 44.8 Å². The molecule has 1 aliphatic rings. The van der Waals surface area contributed by atoms with Crippen LogP contribution in [0.25, 0.3) is 0 Å². The second kappa shape index (κ2) is 6.97. The first-order valence-electron chi connectivity index (χ1n) is 8.30. The molecule has 1 aliphatic carbocycles. The van der Waals surface area contributed by atoms with Crippen molar-refractivity contribution in [3.8, 4) is 5.75 Å². The average molecular weight is 309 g/mol. The molecule has 2 atom stereocenters. The maximum atomic E-state index is 10.4. The van der Waals surface area contributed by atoms with Gasteiger partial charge in [-0.15, -0.1) is 0 Å². The van der Waals surface area contributed by atoms with Crippen LogP contribution >= 0.6 is 0 Å². The number of para-hydroxylation sites is 1. The van der Waals surface area contributed by atoms with Crippen LogP contribution in [0.4, 0.5) is 0 Å². The van der Waals surface area contributed by atoms with Gasteiger partial charge in [0.15, 0.2) is 0 Å². The van der Waals surface area contributed by atoms with E-state index < -0.39 is 6.10 Å². The fraction of sp³-hybridized carbons (Fsp3) is 0.350. The van der Waals surface area contributed by atoms with Crippen molar-refractivity contribution < 1.29 is 10.2 Å². The Morgan fingerprint density at radius 2 is 2.00 bits per heavy atom. The Bertz CT molecular complexity index is 709. The van der Waals surface area contributed by atoms with Gasteiger partial charge in [0.25, 0.3) is 0 Å². The van der Waals surface area contributed by atoms with E-state index in [0.29, 0.717) is 12.2 Å². The first kappa shape index (κ1) is 15.8. The van der Waals surface area contributed by atoms with Crippen molar-refractivity contribution in [2.24, 2.45) is 4.99 Å². The number of benzene rings is 2. The molecular formula is C20H23NO2. The lowest BCUT2D eigenvalue weighted by Gasteiger charge is -2.11. The highest BCUT2D eigenvalue weighted by molar-refractivity contribution is 5.84. The molecule has 3 heteroatoms. The lowest BCUT2D eigenvalue weighted by Crippen LogP contribution is -2.11. The summed E-state index contributed by atoms with van der Waals surface area (Å²) in [6.45, 7) is 2.14. The molecule has 3 rings (SSSR count). The summed E-state index contributed by atoms with van der Waals surface area (Å²) in [7, 11) is 0. The molecule has 2 aromatic carbocycles. The number of rotatable bonds is 5. The van der Waals surface area contributed by atoms with Gasteiger partial charge in [-0.3, -0.25) is 4.99 Å². The van der Waals surface area contributed by atoms with E-state index >= 15 is 0 Å². The summed E-state index contributed by atoms with van der Waals surface area (Å²) in [6, 6.07) is 13.5. The predicted octanol–water partition coefficient (Wildman–Crippen LogP) is 3.81. The molecule has 0 saturated carbocycles. The van der Waals surface area contributed by atoms with Crippen molar-refractivity contribution in [3.05, 3.63) is 64.7 Å². The number of phenols is 1. The molecule has 0 heterocycles. The minimum atomic E-state index is -0.492. The molecule has 0 aromatic heterocycles. The minimum Gasteiger partial charge on any atom is -0.507 e. The van der Waals surface area contributed by atoms with Gasteiger partial charge in [0.1, 0.15) is 11.8 Å². The third-order valence-corrected chi connectivity index (χ3v) is 4.49. The maximum Gasteiger partial charge on any atom is 0.127 e. The summed E-state index contributed by atoms with van der Waals surface area (Å²) >= 11 is 0. The number of hydrogen-bond acceptors (Lipinski definition) is 3. The smallest absolute Gasteiger partial charge is 0.127 e. The number of hydrogen-bond donors (Lipinski definition) is 2. The van der Waals surface area contributed by atoms with Gasteiger partial charge in [-0.05, 0) is 35.6 Å². The highest BCUT2D eigenvalue weighted by atomic mass is 16.3. The number of aryl methyl sites for hydroxylation is 1. The summed E-state index contributed by atoms with van der Waals surface area (Å²) in [5, 5.41) is 20.6. The van der Waals surface area contributed by atoms with E-state index in [2.05, 4.69) is 11.9 Å². The lowest BCUT2D eigenvalue weighted by molar-refractivity contribution is 0.159. The maximum absolute atomic E-state index is 10.4. The highest BCUT2D eigenvalue weighted by Crippen LogP contribution is 2.34. The molecule has 0 saturated heterocycles. The molecule has 0 spiro atoms. The van der Waals surface area contributed by atoms with Gasteiger partial charge < -0.3 is 10.2 Å². The van der Waals surface area contributed by atoms with E-state index in [1.165, 1.54) is 0 Å². The van der Waals surface area contributed by atoms with Gasteiger partial charge in [-0.2, -0.15) is 0 Å². The third-order valence-electron chi connectivity index (χ3n) is 4.49. The lowest BCUT2D eigenvalue weighted by atomic mass is 10.0. The van der Waals surface area contributed by atoms with Crippen LogP contribution in [0.15, 0.2) is 47.5 Å². The first-order chi connectivity index (χ1) is 11.2. The average Bonchev–Trinajstić information content (AvgIpc) is 2.88. The van der Waals surface area contributed by atoms with Gasteiger partial charge in [0.2, 0.25) is 0 Å². The zero-order valence-electron chi connectivity index (χ0n) is 13.4. The molecule has 2 aromatic rings. The molecule has 23 heavy (non-hydrogen) atoms. The zero-order chi connectivity index (χ0) is 16.2. The van der Waals surface area contributed by atoms with E-state index in [4.69, 9.17) is 0 Å². The zero-order valence-corrected chi connectivity index (χ0v) is 13.4. The van der Waals surface area contributed by atoms with Crippen LogP contribution in [-0.2, 0) is 12.8 Å². The molecule has 0 bridgehead atoms. The molecule has 3 nitrogen and oxygen atoms in total. The Morgan fingerprint density at radius 1 is 1.17 bits per heavy atom. The second-order valence-corrected chi connectivity index (χ2v) is 6.15. The van der Waals surface area contributed by atoms with E-state index in [9.17, 15) is 10.2 Å². The normalized spacial score (nSPS) is 20.1. The standard InChI is InChI=1S/C20H23NO2/c1-2-3-7-14-9-6-10-16(20(14)23)13-21-19-17-11-5-4-8-15(17)12-18(19)22/h4-6,8-11,13,18-19,22-23H,2-3,7,12H2,1H3/b21-13+/t18-,19+/m1/s1. The molecule has 0 unspecified atom stereocenters. The summed E-state index contributed by atoms with van der Waals surface area (Å²) in [5.74, 6) is 0.311. The topological polar surface area (TPSA) is 52.8 Å². The van der Waals surface area contributed by atoms with Gasteiger partial charge in [-0.1, -0.05) is 49.7 Å². The predicted molar refractivity (Wildman–Crippen MR) is 93.2 cm³/mol. The molecular weight excluding hydrogens is 286 g/mol. The van der Waals surface area contributed by atoms with Gasteiger partial charge in [0.05, 0.1) is 6.10 Å². The first-order valence-corrected chi connectivity index (χ1v) is 8.30. The van der Waals surface area contributed by atoms with Crippen molar-refractivity contribution >= 4 is 6.21 Å². The van der Waals surface area contributed by atoms with Crippen molar-refractivity contribution in [1.82, 2.24) is 0 Å². The van der Waals surface area contributed by atoms with Crippen molar-refractivity contribution in [2.75, 3.05) is 0 Å². The highest BCUT2D eigenvalue weighted by Gasteiger charge is 2.29. The third kappa shape index (κ3) is 3.30. The molecule has 2 N–H and O–H groups in total. The summed E-state index contributed by atoms with van der Waals surface area (Å²) in [5.41, 5.74) is 3.92. The van der Waals surface area contributed by atoms with Crippen LogP contribution in [0.5, 0.6) is 5.75 Å². The number of nitrogens with zero attached hydrogens (tertiary/aromatic N) is 1. The SMILES string of the molecule is CCCCc1cccc(/C=N/[C@H]2c3ccccc3C[C@H]2O)c1O. The Kier molecular flexibility index (Phi) is 4.77. The molecule has 0 aliphatic heterocycles. The quantitative estimate of drug-likeness (QED) is 0.825. The van der Waals surface area contributed by atoms with Gasteiger partial charge in [0, 0.05) is 18.2 Å². The van der Waals surface area contributed by atoms with Crippen LogP contribution in [0.3, 0.4) is 0 Å². The summed E-state index contributed by atoms with van der Waals surface area (Å²) in [4.78, 5) is 4.56. The Hall–Kier alpha value is -2.13. The number of phenolic OH excluding ortho intramolecular Hbond substituents is 1. The van der Waals surface area contributed by atoms with Crippen molar-refractivity contribution in [1.29, 1.82) is 0 Å². The van der Waals surface area contributed by atoms with E-state index in [-0.39, 0.29) is 6.04 Å². The van der Waals surface area contributed by atoms with E-state index in [1.54, 1.807) is 6.21 Å². The Labute approximate surface area is 137 Å². The minimum absolute atomic E-state index is 0.245. The van der Waals surface area contributed by atoms with Crippen LogP contribution in [0.2, 0.25) is 0 Å². The summed E-state index contributed by atoms with van der Waals surface area (Å²) < 4.78 is 0. The monoisotopic (exact) mass is 309 g/mol. The second-order valence-electron chi connectivity index (χ2n) is 6.15. The van der Waals surface area contributed by atoms with Crippen LogP contribution in [0, 0.1) is 0 Å². The van der Waals surface area contributed by atoms with Crippen LogP contribution in [0.1, 0.15) is 48.1 Å². The number of aliphatic hydroxyl groups is 1. The number of aromatic hydroxyl groups is 1. The molecule has 0 amide bonds. The molecule has 0 fully saturated rings. The number of aliphatic hydroxyl groups excluding tert-OH is 1. The fourth-order valence-electron chi connectivity index (χ4n) is 3.18. The Morgan fingerprint density at radius 3 is 2.83 bits per heavy atom. The van der Waals surface area contributed by atoms with Gasteiger partial charge >= 0.3 is 0 Å². The van der Waals surface area contributed by atoms with Crippen molar-refractivity contribution in [3.63, 3.8) is 0 Å². The van der Waals surface area contributed by atoms with Gasteiger partial charge in [-0.25, -0.2) is 0 Å². The number of aliphatic imine (C=N–C) groups is 1. The number of fused-ring (bicyclic) bond motifs is 1. The van der Waals surface area contributed by atoms with Crippen LogP contribution < -0.4 is 0 Å². The summed E-state index contributed by atoms with van der Waals surface area (Å²) in [6.07, 6.45) is 4.88. The van der Waals surface area contributed by atoms with E-state index in [1.807, 2.05) is 42.5 Å². The molecule has 120 valence electrons. The number of unbranched alkanes of at least 4 members (excludes halogenated alkanes) is 1. The van der Waals surface area contributed by atoms with E-state index in [0.717, 1.165) is 41.5 Å². The van der Waals surface area contributed by atoms with Crippen LogP contribution in [-0.4, -0.2) is 22.5 Å². The molecule has 0 radical (unpaired) electrons. The largest absolute Gasteiger partial charge is 0.507 e. The Balaban J connectivity index is 1.83. The fourth-order valence-corrected chi connectivity index (χ4v) is 3.18.